The summed E-state index contributed by atoms with van der Waals surface area (Å²) in [4.78, 5) is 23.7. The van der Waals surface area contributed by atoms with Crippen molar-refractivity contribution >= 4 is 31.9 Å². The first-order valence-corrected chi connectivity index (χ1v) is 15.1. The van der Waals surface area contributed by atoms with E-state index in [1.165, 1.54) is 11.8 Å². The highest BCUT2D eigenvalue weighted by Gasteiger charge is 2.26. The van der Waals surface area contributed by atoms with E-state index in [2.05, 4.69) is 39.1 Å². The van der Waals surface area contributed by atoms with Gasteiger partial charge in [-0.05, 0) is 55.3 Å². The number of aliphatic hydroxyl groups is 1. The van der Waals surface area contributed by atoms with Crippen molar-refractivity contribution in [3.8, 4) is 16.9 Å². The van der Waals surface area contributed by atoms with Crippen molar-refractivity contribution in [2.45, 2.75) is 31.2 Å². The lowest BCUT2D eigenvalue weighted by atomic mass is 10.1. The molecule has 10 heteroatoms. The van der Waals surface area contributed by atoms with Crippen LogP contribution in [0.1, 0.15) is 18.4 Å². The standard InChI is InChI=1S/C29H31N5O4S/c1-39(37,38)23-11-13-32(14-12-23)19-20-7-9-21(10-8-20)25-17-24-27-26(18-30-28(24)31-25)33(15-16-35)29(36)34(27)22-5-3-2-4-6-22/h2-10,17-18,23,35H,11-16,19H2,1H3,(H,30,31). The average molecular weight is 546 g/mol. The molecular formula is C29H31N5O4S. The number of nitrogens with one attached hydrogen (secondary N) is 1. The average Bonchev–Trinajstić information content (AvgIpc) is 3.49. The quantitative estimate of drug-likeness (QED) is 0.324. The molecule has 4 heterocycles. The summed E-state index contributed by atoms with van der Waals surface area (Å²) in [6.45, 7) is 2.39. The predicted octanol–water partition coefficient (Wildman–Crippen LogP) is 3.34. The summed E-state index contributed by atoms with van der Waals surface area (Å²) in [5.41, 5.74) is 5.72. The Kier molecular flexibility index (Phi) is 6.62. The van der Waals surface area contributed by atoms with Gasteiger partial charge in [-0.25, -0.2) is 18.2 Å². The largest absolute Gasteiger partial charge is 0.395 e. The van der Waals surface area contributed by atoms with Gasteiger partial charge in [0.2, 0.25) is 0 Å². The summed E-state index contributed by atoms with van der Waals surface area (Å²) in [6.07, 6.45) is 4.38. The fraction of sp³-hybridized carbons (Fsp3) is 0.310. The second-order valence-corrected chi connectivity index (χ2v) is 12.6. The molecule has 202 valence electrons. The molecule has 1 aliphatic heterocycles. The highest BCUT2D eigenvalue weighted by atomic mass is 32.2. The fourth-order valence-corrected chi connectivity index (χ4v) is 6.70. The zero-order chi connectivity index (χ0) is 27.1. The minimum absolute atomic E-state index is 0.147. The van der Waals surface area contributed by atoms with Gasteiger partial charge in [-0.3, -0.25) is 14.0 Å². The number of fused-ring (bicyclic) bond motifs is 3. The number of nitrogens with zero attached hydrogens (tertiary/aromatic N) is 4. The Morgan fingerprint density at radius 1 is 1.05 bits per heavy atom. The lowest BCUT2D eigenvalue weighted by Crippen LogP contribution is -2.38. The molecule has 5 aromatic rings. The number of pyridine rings is 1. The molecule has 6 rings (SSSR count). The van der Waals surface area contributed by atoms with Crippen LogP contribution in [0.2, 0.25) is 0 Å². The van der Waals surface area contributed by atoms with Crippen LogP contribution in [0.5, 0.6) is 0 Å². The number of aromatic amines is 1. The number of rotatable bonds is 7. The Morgan fingerprint density at radius 3 is 2.44 bits per heavy atom. The molecule has 0 radical (unpaired) electrons. The number of imidazole rings is 1. The molecule has 0 spiro atoms. The van der Waals surface area contributed by atoms with Gasteiger partial charge < -0.3 is 10.1 Å². The Hall–Kier alpha value is -3.73. The number of aromatic nitrogens is 4. The van der Waals surface area contributed by atoms with Gasteiger partial charge in [0, 0.05) is 23.9 Å². The van der Waals surface area contributed by atoms with Crippen LogP contribution in [0.25, 0.3) is 39.0 Å². The maximum atomic E-state index is 13.4. The molecule has 0 bridgehead atoms. The van der Waals surface area contributed by atoms with Crippen LogP contribution in [-0.4, -0.2) is 68.7 Å². The van der Waals surface area contributed by atoms with Gasteiger partial charge in [-0.2, -0.15) is 0 Å². The molecule has 3 aromatic heterocycles. The number of likely N-dealkylation sites (tertiary alicyclic amines) is 1. The molecular weight excluding hydrogens is 514 g/mol. The molecule has 39 heavy (non-hydrogen) atoms. The van der Waals surface area contributed by atoms with Crippen LogP contribution in [0.15, 0.2) is 71.7 Å². The molecule has 2 N–H and O–H groups in total. The third-order valence-corrected chi connectivity index (χ3v) is 9.38. The Bertz CT molecular complexity index is 1800. The summed E-state index contributed by atoms with van der Waals surface area (Å²) in [5, 5.41) is 10.2. The number of aliphatic hydroxyl groups excluding tert-OH is 1. The number of H-pyrrole nitrogens is 1. The number of benzene rings is 2. The molecule has 0 saturated carbocycles. The maximum Gasteiger partial charge on any atom is 0.333 e. The van der Waals surface area contributed by atoms with Crippen LogP contribution < -0.4 is 5.69 Å². The van der Waals surface area contributed by atoms with E-state index in [0.29, 0.717) is 24.0 Å². The van der Waals surface area contributed by atoms with Crippen LogP contribution in [-0.2, 0) is 22.9 Å². The lowest BCUT2D eigenvalue weighted by Gasteiger charge is -2.31. The monoisotopic (exact) mass is 545 g/mol. The zero-order valence-corrected chi connectivity index (χ0v) is 22.6. The molecule has 1 saturated heterocycles. The number of para-hydroxylation sites is 1. The molecule has 2 aromatic carbocycles. The lowest BCUT2D eigenvalue weighted by molar-refractivity contribution is 0.222. The number of sulfone groups is 1. The van der Waals surface area contributed by atoms with E-state index >= 15 is 0 Å². The SMILES string of the molecule is CS(=O)(=O)C1CCN(Cc2ccc(-c3cc4c(ncc5c4n(-c4ccccc4)c(=O)n5CCO)[nH]3)cc2)CC1. The fourth-order valence-electron chi connectivity index (χ4n) is 5.63. The summed E-state index contributed by atoms with van der Waals surface area (Å²) < 4.78 is 26.9. The van der Waals surface area contributed by atoms with Crippen molar-refractivity contribution in [1.29, 1.82) is 0 Å². The summed E-state index contributed by atoms with van der Waals surface area (Å²) in [7, 11) is -2.97. The zero-order valence-electron chi connectivity index (χ0n) is 21.7. The van der Waals surface area contributed by atoms with E-state index in [1.54, 1.807) is 15.3 Å². The van der Waals surface area contributed by atoms with Crippen molar-refractivity contribution in [3.05, 3.63) is 82.9 Å². The minimum Gasteiger partial charge on any atom is -0.395 e. The van der Waals surface area contributed by atoms with E-state index in [-0.39, 0.29) is 24.1 Å². The number of hydrogen-bond donors (Lipinski definition) is 2. The third kappa shape index (κ3) is 4.80. The van der Waals surface area contributed by atoms with E-state index in [1.807, 2.05) is 36.4 Å². The molecule has 0 amide bonds. The molecule has 0 aliphatic carbocycles. The Labute approximate surface area is 226 Å². The number of piperidine rings is 1. The van der Waals surface area contributed by atoms with E-state index in [4.69, 9.17) is 0 Å². The first-order valence-electron chi connectivity index (χ1n) is 13.1. The highest BCUT2D eigenvalue weighted by molar-refractivity contribution is 7.91. The summed E-state index contributed by atoms with van der Waals surface area (Å²) in [5.74, 6) is 0. The van der Waals surface area contributed by atoms with Crippen molar-refractivity contribution in [3.63, 3.8) is 0 Å². The minimum atomic E-state index is -2.97. The normalized spacial score (nSPS) is 15.4. The van der Waals surface area contributed by atoms with E-state index < -0.39 is 9.84 Å². The topological polar surface area (TPSA) is 113 Å². The van der Waals surface area contributed by atoms with Crippen molar-refractivity contribution in [1.82, 2.24) is 24.0 Å². The highest BCUT2D eigenvalue weighted by Crippen LogP contribution is 2.30. The van der Waals surface area contributed by atoms with Crippen LogP contribution in [0, 0.1) is 0 Å². The summed E-state index contributed by atoms with van der Waals surface area (Å²) in [6, 6.07) is 19.9. The van der Waals surface area contributed by atoms with Gasteiger partial charge in [0.25, 0.3) is 0 Å². The third-order valence-electron chi connectivity index (χ3n) is 7.70. The maximum absolute atomic E-state index is 13.4. The van der Waals surface area contributed by atoms with Crippen molar-refractivity contribution in [2.24, 2.45) is 0 Å². The first-order chi connectivity index (χ1) is 18.8. The second kappa shape index (κ2) is 10.1. The smallest absolute Gasteiger partial charge is 0.333 e. The van der Waals surface area contributed by atoms with Gasteiger partial charge in [-0.1, -0.05) is 42.5 Å². The van der Waals surface area contributed by atoms with Gasteiger partial charge in [0.15, 0.2) is 0 Å². The Balaban J connectivity index is 1.32. The van der Waals surface area contributed by atoms with E-state index in [9.17, 15) is 18.3 Å². The summed E-state index contributed by atoms with van der Waals surface area (Å²) >= 11 is 0. The van der Waals surface area contributed by atoms with Gasteiger partial charge in [0.05, 0.1) is 41.3 Å². The van der Waals surface area contributed by atoms with Gasteiger partial charge in [0.1, 0.15) is 15.5 Å². The molecule has 0 unspecified atom stereocenters. The van der Waals surface area contributed by atoms with E-state index in [0.717, 1.165) is 47.5 Å². The second-order valence-electron chi connectivity index (χ2n) is 10.3. The van der Waals surface area contributed by atoms with Crippen molar-refractivity contribution < 1.29 is 13.5 Å². The van der Waals surface area contributed by atoms with Gasteiger partial charge >= 0.3 is 5.69 Å². The van der Waals surface area contributed by atoms with Crippen LogP contribution in [0.4, 0.5) is 0 Å². The molecule has 9 nitrogen and oxygen atoms in total. The molecule has 1 aliphatic rings. The number of hydrogen-bond acceptors (Lipinski definition) is 6. The Morgan fingerprint density at radius 2 is 1.77 bits per heavy atom. The van der Waals surface area contributed by atoms with Crippen LogP contribution >= 0.6 is 0 Å². The predicted molar refractivity (Wildman–Crippen MR) is 153 cm³/mol. The molecule has 1 fully saturated rings. The van der Waals surface area contributed by atoms with Crippen LogP contribution in [0.3, 0.4) is 0 Å². The first kappa shape index (κ1) is 25.5. The van der Waals surface area contributed by atoms with Gasteiger partial charge in [-0.15, -0.1) is 0 Å². The molecule has 0 atom stereocenters. The van der Waals surface area contributed by atoms with Crippen molar-refractivity contribution in [2.75, 3.05) is 26.0 Å².